The van der Waals surface area contributed by atoms with E-state index in [-0.39, 0.29) is 5.91 Å². The summed E-state index contributed by atoms with van der Waals surface area (Å²) < 4.78 is 4.79. The van der Waals surface area contributed by atoms with E-state index in [9.17, 15) is 9.59 Å². The van der Waals surface area contributed by atoms with Gasteiger partial charge in [-0.1, -0.05) is 12.1 Å². The van der Waals surface area contributed by atoms with Crippen LogP contribution in [-0.2, 0) is 16.1 Å². The Labute approximate surface area is 124 Å². The number of benzene rings is 1. The van der Waals surface area contributed by atoms with Crippen LogP contribution in [0.1, 0.15) is 29.3 Å². The average Bonchev–Trinajstić information content (AvgIpc) is 2.81. The predicted octanol–water partition coefficient (Wildman–Crippen LogP) is 0.753. The number of likely N-dealkylation sites (tertiary alicyclic amines) is 1. The molecule has 0 aliphatic carbocycles. The van der Waals surface area contributed by atoms with Gasteiger partial charge in [0.25, 0.3) is 0 Å². The molecule has 1 aromatic rings. The van der Waals surface area contributed by atoms with Gasteiger partial charge in [0.05, 0.1) is 18.1 Å². The summed E-state index contributed by atoms with van der Waals surface area (Å²) >= 11 is 0. The monoisotopic (exact) mass is 291 g/mol. The molecular formula is C15H21N3O3. The average molecular weight is 291 g/mol. The molecule has 2 rings (SSSR count). The van der Waals surface area contributed by atoms with Gasteiger partial charge >= 0.3 is 5.97 Å². The third-order valence-corrected chi connectivity index (χ3v) is 4.11. The number of carbonyl (C=O) groups is 2. The van der Waals surface area contributed by atoms with Crippen LogP contribution in [0, 0.1) is 5.41 Å². The molecule has 6 heteroatoms. The minimum atomic E-state index is -0.508. The summed E-state index contributed by atoms with van der Waals surface area (Å²) in [6.45, 7) is 3.75. The fraction of sp³-hybridized carbons (Fsp3) is 0.467. The number of hydrogen-bond acceptors (Lipinski definition) is 5. The maximum atomic E-state index is 11.9. The zero-order valence-electron chi connectivity index (χ0n) is 12.4. The van der Waals surface area contributed by atoms with Crippen LogP contribution >= 0.6 is 0 Å². The van der Waals surface area contributed by atoms with Crippen molar-refractivity contribution in [2.45, 2.75) is 19.9 Å². The van der Waals surface area contributed by atoms with Gasteiger partial charge in [-0.05, 0) is 31.5 Å². The zero-order chi connectivity index (χ0) is 15.6. The number of anilines is 1. The molecule has 0 bridgehead atoms. The zero-order valence-corrected chi connectivity index (χ0v) is 12.4. The Hall–Kier alpha value is -2.08. The minimum absolute atomic E-state index is 0.286. The third-order valence-electron chi connectivity index (χ3n) is 4.11. The first-order chi connectivity index (χ1) is 9.87. The molecule has 0 saturated carbocycles. The Kier molecular flexibility index (Phi) is 4.18. The number of nitrogen functional groups attached to an aromatic ring is 1. The van der Waals surface area contributed by atoms with E-state index in [2.05, 4.69) is 4.90 Å². The van der Waals surface area contributed by atoms with E-state index in [0.29, 0.717) is 24.3 Å². The number of primary amides is 1. The summed E-state index contributed by atoms with van der Waals surface area (Å²) in [6, 6.07) is 5.33. The number of esters is 1. The summed E-state index contributed by atoms with van der Waals surface area (Å²) in [5.74, 6) is -0.731. The lowest BCUT2D eigenvalue weighted by molar-refractivity contribution is -0.126. The Morgan fingerprint density at radius 3 is 2.71 bits per heavy atom. The van der Waals surface area contributed by atoms with Crippen LogP contribution in [0.15, 0.2) is 18.2 Å². The Balaban J connectivity index is 2.20. The SMILES string of the molecule is COC(=O)c1c(N)cccc1CN1CCC(C)(C(N)=O)C1. The van der Waals surface area contributed by atoms with Crippen molar-refractivity contribution in [2.75, 3.05) is 25.9 Å². The van der Waals surface area contributed by atoms with Crippen LogP contribution in [-0.4, -0.2) is 37.0 Å². The topological polar surface area (TPSA) is 98.7 Å². The van der Waals surface area contributed by atoms with Crippen molar-refractivity contribution in [3.8, 4) is 0 Å². The van der Waals surface area contributed by atoms with E-state index >= 15 is 0 Å². The van der Waals surface area contributed by atoms with Gasteiger partial charge in [0.15, 0.2) is 0 Å². The van der Waals surface area contributed by atoms with Gasteiger partial charge in [-0.25, -0.2) is 4.79 Å². The fourth-order valence-electron chi connectivity index (χ4n) is 2.74. The van der Waals surface area contributed by atoms with Crippen molar-refractivity contribution in [1.29, 1.82) is 0 Å². The lowest BCUT2D eigenvalue weighted by Gasteiger charge is -2.22. The van der Waals surface area contributed by atoms with E-state index in [4.69, 9.17) is 16.2 Å². The van der Waals surface area contributed by atoms with Gasteiger partial charge in [-0.3, -0.25) is 9.69 Å². The molecule has 1 saturated heterocycles. The summed E-state index contributed by atoms with van der Waals surface area (Å²) in [4.78, 5) is 25.5. The largest absolute Gasteiger partial charge is 0.465 e. The van der Waals surface area contributed by atoms with Gasteiger partial charge in [0.1, 0.15) is 0 Å². The molecule has 21 heavy (non-hydrogen) atoms. The van der Waals surface area contributed by atoms with Crippen LogP contribution in [0.3, 0.4) is 0 Å². The van der Waals surface area contributed by atoms with E-state index < -0.39 is 11.4 Å². The van der Waals surface area contributed by atoms with Gasteiger partial charge in [-0.2, -0.15) is 0 Å². The minimum Gasteiger partial charge on any atom is -0.465 e. The first kappa shape index (κ1) is 15.3. The number of rotatable bonds is 4. The van der Waals surface area contributed by atoms with Crippen molar-refractivity contribution in [2.24, 2.45) is 11.1 Å². The molecule has 0 spiro atoms. The van der Waals surface area contributed by atoms with Crippen molar-refractivity contribution in [3.05, 3.63) is 29.3 Å². The number of amides is 1. The van der Waals surface area contributed by atoms with Gasteiger partial charge < -0.3 is 16.2 Å². The standard InChI is InChI=1S/C15H21N3O3/c1-15(14(17)20)6-7-18(9-15)8-10-4-3-5-11(16)12(10)13(19)21-2/h3-5H,6-9,16H2,1-2H3,(H2,17,20). The molecule has 0 aromatic heterocycles. The molecule has 1 aliphatic rings. The molecule has 4 N–H and O–H groups in total. The summed E-state index contributed by atoms with van der Waals surface area (Å²) in [6.07, 6.45) is 0.720. The maximum absolute atomic E-state index is 11.9. The van der Waals surface area contributed by atoms with E-state index in [1.807, 2.05) is 13.0 Å². The molecule has 0 radical (unpaired) electrons. The van der Waals surface area contributed by atoms with Gasteiger partial charge in [0.2, 0.25) is 5.91 Å². The van der Waals surface area contributed by atoms with Crippen LogP contribution in [0.25, 0.3) is 0 Å². The van der Waals surface area contributed by atoms with E-state index in [1.165, 1.54) is 7.11 Å². The van der Waals surface area contributed by atoms with Crippen molar-refractivity contribution in [1.82, 2.24) is 4.90 Å². The summed E-state index contributed by atoms with van der Waals surface area (Å²) in [5.41, 5.74) is 12.4. The van der Waals surface area contributed by atoms with Crippen LogP contribution in [0.4, 0.5) is 5.69 Å². The highest BCUT2D eigenvalue weighted by Gasteiger charge is 2.38. The summed E-state index contributed by atoms with van der Waals surface area (Å²) in [7, 11) is 1.33. The first-order valence-corrected chi connectivity index (χ1v) is 6.85. The Bertz CT molecular complexity index is 573. The highest BCUT2D eigenvalue weighted by molar-refractivity contribution is 5.96. The molecule has 1 heterocycles. The number of nitrogens with zero attached hydrogens (tertiary/aromatic N) is 1. The fourth-order valence-corrected chi connectivity index (χ4v) is 2.74. The highest BCUT2D eigenvalue weighted by atomic mass is 16.5. The molecule has 1 aliphatic heterocycles. The molecule has 1 atom stereocenters. The third kappa shape index (κ3) is 3.00. The molecule has 6 nitrogen and oxygen atoms in total. The van der Waals surface area contributed by atoms with Crippen LogP contribution in [0.2, 0.25) is 0 Å². The van der Waals surface area contributed by atoms with Crippen molar-refractivity contribution in [3.63, 3.8) is 0 Å². The molecular weight excluding hydrogens is 270 g/mol. The van der Waals surface area contributed by atoms with Gasteiger partial charge in [-0.15, -0.1) is 0 Å². The number of nitrogens with two attached hydrogens (primary N) is 2. The Morgan fingerprint density at radius 1 is 1.43 bits per heavy atom. The van der Waals surface area contributed by atoms with Gasteiger partial charge in [0, 0.05) is 18.8 Å². The molecule has 1 fully saturated rings. The van der Waals surface area contributed by atoms with Crippen LogP contribution < -0.4 is 11.5 Å². The van der Waals surface area contributed by atoms with E-state index in [1.54, 1.807) is 12.1 Å². The summed E-state index contributed by atoms with van der Waals surface area (Å²) in [5, 5.41) is 0. The number of methoxy groups -OCH3 is 1. The molecule has 1 aromatic carbocycles. The van der Waals surface area contributed by atoms with Crippen molar-refractivity contribution >= 4 is 17.6 Å². The lowest BCUT2D eigenvalue weighted by atomic mass is 9.89. The quantitative estimate of drug-likeness (QED) is 0.630. The number of ether oxygens (including phenoxy) is 1. The molecule has 1 amide bonds. The second-order valence-electron chi connectivity index (χ2n) is 5.76. The van der Waals surface area contributed by atoms with Crippen LogP contribution in [0.5, 0.6) is 0 Å². The molecule has 1 unspecified atom stereocenters. The maximum Gasteiger partial charge on any atom is 0.340 e. The van der Waals surface area contributed by atoms with E-state index in [0.717, 1.165) is 18.5 Å². The second-order valence-corrected chi connectivity index (χ2v) is 5.76. The number of hydrogen-bond donors (Lipinski definition) is 2. The second kappa shape index (κ2) is 5.73. The Morgan fingerprint density at radius 2 is 2.14 bits per heavy atom. The normalized spacial score (nSPS) is 22.2. The first-order valence-electron chi connectivity index (χ1n) is 6.85. The molecule has 114 valence electrons. The highest BCUT2D eigenvalue weighted by Crippen LogP contribution is 2.31. The number of carbonyl (C=O) groups excluding carboxylic acids is 2. The van der Waals surface area contributed by atoms with Crippen molar-refractivity contribution < 1.29 is 14.3 Å². The smallest absolute Gasteiger partial charge is 0.340 e. The lowest BCUT2D eigenvalue weighted by Crippen LogP contribution is -2.37. The predicted molar refractivity (Wildman–Crippen MR) is 79.4 cm³/mol.